The number of ether oxygens (including phenoxy) is 1. The number of hydrogen-bond donors (Lipinski definition) is 2. The summed E-state index contributed by atoms with van der Waals surface area (Å²) < 4.78 is 4.23. The Labute approximate surface area is 40.1 Å². The van der Waals surface area contributed by atoms with E-state index < -0.39 is 6.10 Å². The molecule has 0 fully saturated rings. The normalized spacial score (nSPS) is 26.0. The van der Waals surface area contributed by atoms with Crippen LogP contribution in [-0.4, -0.2) is 29.1 Å². The number of hydrogen-bond acceptors (Lipinski definition) is 4. The van der Waals surface area contributed by atoms with Gasteiger partial charge in [-0.15, -0.1) is 0 Å². The molecular weight excluding hydrogens is 98.0 g/mol. The van der Waals surface area contributed by atoms with E-state index in [1.54, 1.807) is 0 Å². The van der Waals surface area contributed by atoms with Gasteiger partial charge in [0, 0.05) is 6.21 Å². The van der Waals surface area contributed by atoms with Crippen molar-refractivity contribution in [3.05, 3.63) is 0 Å². The fraction of sp³-hybridized carbons (Fsp3) is 0.667. The summed E-state index contributed by atoms with van der Waals surface area (Å²) in [6.45, 7) is 0.174. The third kappa shape index (κ3) is 0.957. The first-order chi connectivity index (χ1) is 3.21. The molecule has 7 heavy (non-hydrogen) atoms. The number of aliphatic hydroxyl groups is 2. The minimum atomic E-state index is -2.24. The molecule has 0 atom stereocenters. The van der Waals surface area contributed by atoms with Crippen LogP contribution in [0.3, 0.4) is 0 Å². The molecule has 2 N–H and O–H groups in total. The third-order valence-corrected chi connectivity index (χ3v) is 0.611. The Kier molecular flexibility index (Phi) is 0.846. The summed E-state index contributed by atoms with van der Waals surface area (Å²) in [7, 11) is 0. The van der Waals surface area contributed by atoms with Crippen molar-refractivity contribution in [2.75, 3.05) is 6.61 Å². The topological polar surface area (TPSA) is 62.0 Å². The predicted octanol–water partition coefficient (Wildman–Crippen LogP) is -1.32. The molecule has 0 aromatic rings. The van der Waals surface area contributed by atoms with E-state index in [4.69, 9.17) is 10.2 Å². The molecule has 1 aliphatic heterocycles. The van der Waals surface area contributed by atoms with Crippen LogP contribution in [0.2, 0.25) is 0 Å². The van der Waals surface area contributed by atoms with Gasteiger partial charge in [-0.2, -0.15) is 0 Å². The van der Waals surface area contributed by atoms with Gasteiger partial charge >= 0.3 is 6.10 Å². The average Bonchev–Trinajstić information content (AvgIpc) is 1.84. The Balaban J connectivity index is 2.57. The maximum atomic E-state index is 8.33. The molecule has 4 nitrogen and oxygen atoms in total. The minimum absolute atomic E-state index is 0.174. The lowest BCUT2D eigenvalue weighted by Crippen LogP contribution is -2.24. The van der Waals surface area contributed by atoms with Crippen LogP contribution in [0.5, 0.6) is 0 Å². The highest BCUT2D eigenvalue weighted by Crippen LogP contribution is 2.06. The van der Waals surface area contributed by atoms with E-state index in [1.165, 1.54) is 6.21 Å². The van der Waals surface area contributed by atoms with Crippen LogP contribution in [0.15, 0.2) is 4.99 Å². The van der Waals surface area contributed by atoms with Crippen molar-refractivity contribution in [2.45, 2.75) is 6.10 Å². The average molecular weight is 103 g/mol. The highest BCUT2D eigenvalue weighted by molar-refractivity contribution is 5.60. The molecule has 0 saturated carbocycles. The third-order valence-electron chi connectivity index (χ3n) is 0.611. The summed E-state index contributed by atoms with van der Waals surface area (Å²) >= 11 is 0. The summed E-state index contributed by atoms with van der Waals surface area (Å²) in [6, 6.07) is 0. The van der Waals surface area contributed by atoms with Gasteiger partial charge < -0.3 is 14.9 Å². The van der Waals surface area contributed by atoms with E-state index in [1.807, 2.05) is 0 Å². The van der Waals surface area contributed by atoms with Crippen LogP contribution in [0, 0.1) is 0 Å². The first-order valence-electron chi connectivity index (χ1n) is 1.83. The standard InChI is InChI=1S/C3H5NO3/c5-3(6)4-1-2-7-3/h1,5-6H,2H2. The second-order valence-corrected chi connectivity index (χ2v) is 1.20. The Morgan fingerprint density at radius 3 is 2.57 bits per heavy atom. The number of nitrogens with zero attached hydrogens (tertiary/aromatic N) is 1. The molecule has 0 aromatic carbocycles. The Bertz CT molecular complexity index is 98.4. The fourth-order valence-corrected chi connectivity index (χ4v) is 0.343. The van der Waals surface area contributed by atoms with Gasteiger partial charge in [-0.25, -0.2) is 4.99 Å². The quantitative estimate of drug-likeness (QED) is 0.374. The van der Waals surface area contributed by atoms with E-state index in [0.717, 1.165) is 0 Å². The zero-order valence-electron chi connectivity index (χ0n) is 3.53. The fourth-order valence-electron chi connectivity index (χ4n) is 0.343. The molecule has 1 rings (SSSR count). The molecule has 1 aliphatic rings. The lowest BCUT2D eigenvalue weighted by Gasteiger charge is -2.06. The minimum Gasteiger partial charge on any atom is -0.324 e. The van der Waals surface area contributed by atoms with Crippen molar-refractivity contribution in [3.8, 4) is 0 Å². The van der Waals surface area contributed by atoms with Crippen molar-refractivity contribution < 1.29 is 14.9 Å². The molecular formula is C3H5NO3. The monoisotopic (exact) mass is 103 g/mol. The lowest BCUT2D eigenvalue weighted by atomic mass is 10.8. The van der Waals surface area contributed by atoms with Crippen molar-refractivity contribution in [3.63, 3.8) is 0 Å². The maximum Gasteiger partial charge on any atom is 0.390 e. The van der Waals surface area contributed by atoms with Crippen LogP contribution in [0.4, 0.5) is 0 Å². The summed E-state index contributed by atoms with van der Waals surface area (Å²) in [6.07, 6.45) is -0.944. The lowest BCUT2D eigenvalue weighted by molar-refractivity contribution is -0.315. The van der Waals surface area contributed by atoms with Gasteiger partial charge in [-0.3, -0.25) is 0 Å². The summed E-state index contributed by atoms with van der Waals surface area (Å²) in [5, 5.41) is 16.7. The zero-order valence-corrected chi connectivity index (χ0v) is 3.53. The van der Waals surface area contributed by atoms with Gasteiger partial charge in [0.1, 0.15) is 0 Å². The second-order valence-electron chi connectivity index (χ2n) is 1.20. The molecule has 4 heteroatoms. The van der Waals surface area contributed by atoms with Gasteiger partial charge in [0.25, 0.3) is 0 Å². The molecule has 0 aromatic heterocycles. The molecule has 0 saturated heterocycles. The van der Waals surface area contributed by atoms with Crippen LogP contribution in [-0.2, 0) is 4.74 Å². The van der Waals surface area contributed by atoms with Crippen LogP contribution in [0.25, 0.3) is 0 Å². The largest absolute Gasteiger partial charge is 0.390 e. The van der Waals surface area contributed by atoms with E-state index in [2.05, 4.69) is 9.73 Å². The molecule has 0 amide bonds. The van der Waals surface area contributed by atoms with Crippen LogP contribution < -0.4 is 0 Å². The smallest absolute Gasteiger partial charge is 0.324 e. The van der Waals surface area contributed by atoms with Gasteiger partial charge in [0.15, 0.2) is 0 Å². The van der Waals surface area contributed by atoms with E-state index in [-0.39, 0.29) is 6.61 Å². The predicted molar refractivity (Wildman–Crippen MR) is 21.6 cm³/mol. The van der Waals surface area contributed by atoms with Crippen molar-refractivity contribution in [2.24, 2.45) is 4.99 Å². The van der Waals surface area contributed by atoms with Crippen molar-refractivity contribution >= 4 is 6.21 Å². The zero-order chi connectivity index (χ0) is 5.33. The molecule has 0 bridgehead atoms. The molecule has 0 aliphatic carbocycles. The molecule has 1 heterocycles. The summed E-state index contributed by atoms with van der Waals surface area (Å²) in [5.74, 6) is 0. The van der Waals surface area contributed by atoms with Crippen molar-refractivity contribution in [1.29, 1.82) is 0 Å². The molecule has 0 spiro atoms. The van der Waals surface area contributed by atoms with Crippen LogP contribution in [0.1, 0.15) is 0 Å². The summed E-state index contributed by atoms with van der Waals surface area (Å²) in [5.41, 5.74) is 0. The molecule has 40 valence electrons. The Hall–Kier alpha value is -0.450. The molecule has 0 radical (unpaired) electrons. The van der Waals surface area contributed by atoms with E-state index >= 15 is 0 Å². The Morgan fingerprint density at radius 2 is 2.43 bits per heavy atom. The highest BCUT2D eigenvalue weighted by atomic mass is 16.8. The first-order valence-corrected chi connectivity index (χ1v) is 1.83. The SMILES string of the molecule is OC1(O)N=CCO1. The van der Waals surface area contributed by atoms with Gasteiger partial charge in [-0.05, 0) is 0 Å². The van der Waals surface area contributed by atoms with E-state index in [9.17, 15) is 0 Å². The second kappa shape index (κ2) is 1.26. The van der Waals surface area contributed by atoms with Gasteiger partial charge in [0.05, 0.1) is 6.61 Å². The molecule has 0 unspecified atom stereocenters. The number of aliphatic imine (C=N–C) groups is 1. The van der Waals surface area contributed by atoms with Gasteiger partial charge in [-0.1, -0.05) is 0 Å². The van der Waals surface area contributed by atoms with E-state index in [0.29, 0.717) is 0 Å². The maximum absolute atomic E-state index is 8.33. The summed E-state index contributed by atoms with van der Waals surface area (Å²) in [4.78, 5) is 3.13. The highest BCUT2D eigenvalue weighted by Gasteiger charge is 2.24. The van der Waals surface area contributed by atoms with Crippen LogP contribution >= 0.6 is 0 Å². The Morgan fingerprint density at radius 1 is 1.71 bits per heavy atom. The van der Waals surface area contributed by atoms with Crippen molar-refractivity contribution in [1.82, 2.24) is 0 Å². The number of rotatable bonds is 0. The first kappa shape index (κ1) is 4.70. The van der Waals surface area contributed by atoms with Gasteiger partial charge in [0.2, 0.25) is 0 Å².